The number of nitrogens with zero attached hydrogens (tertiary/aromatic N) is 1. The first-order chi connectivity index (χ1) is 7.11. The first kappa shape index (κ1) is 11.3. The Morgan fingerprint density at radius 3 is 2.67 bits per heavy atom. The van der Waals surface area contributed by atoms with E-state index in [2.05, 4.69) is 0 Å². The van der Waals surface area contributed by atoms with E-state index in [-0.39, 0.29) is 5.97 Å². The normalized spacial score (nSPS) is 20.3. The third-order valence-corrected chi connectivity index (χ3v) is 1.98. The fraction of sp³-hybridized carbons (Fsp3) is 0.333. The molecule has 1 aliphatic rings. The molecule has 0 aromatic rings. The number of hydrogen-bond donors (Lipinski definition) is 0. The summed E-state index contributed by atoms with van der Waals surface area (Å²) in [6.45, 7) is 3.65. The molecule has 1 aliphatic heterocycles. The van der Waals surface area contributed by atoms with Gasteiger partial charge in [0.15, 0.2) is 0 Å². The van der Waals surface area contributed by atoms with Crippen molar-refractivity contribution in [1.82, 2.24) is 0 Å². The fourth-order valence-corrected chi connectivity index (χ4v) is 1.17. The van der Waals surface area contributed by atoms with Gasteiger partial charge in [0.05, 0.1) is 12.5 Å². The highest BCUT2D eigenvalue weighted by Crippen LogP contribution is 2.19. The second-order valence-electron chi connectivity index (χ2n) is 3.46. The lowest BCUT2D eigenvalue weighted by Gasteiger charge is -1.95. The van der Waals surface area contributed by atoms with E-state index >= 15 is 0 Å². The fourth-order valence-electron chi connectivity index (χ4n) is 1.17. The molecule has 1 rings (SSSR count). The number of nitriles is 1. The minimum atomic E-state index is -0.169. The summed E-state index contributed by atoms with van der Waals surface area (Å²) < 4.78 is 4.96. The molecule has 1 saturated heterocycles. The molecule has 0 aliphatic carbocycles. The van der Waals surface area contributed by atoms with Gasteiger partial charge in [-0.15, -0.1) is 0 Å². The van der Waals surface area contributed by atoms with Crippen LogP contribution in [0.25, 0.3) is 0 Å². The summed E-state index contributed by atoms with van der Waals surface area (Å²) in [5.74, 6) is 0.537. The predicted molar refractivity (Wildman–Crippen MR) is 56.5 cm³/mol. The Morgan fingerprint density at radius 1 is 1.40 bits per heavy atom. The second kappa shape index (κ2) is 5.16. The highest BCUT2D eigenvalue weighted by molar-refractivity contribution is 5.73. The Hall–Kier alpha value is -1.82. The lowest BCUT2D eigenvalue weighted by Crippen LogP contribution is -1.89. The van der Waals surface area contributed by atoms with Crippen LogP contribution in [0.5, 0.6) is 0 Å². The van der Waals surface area contributed by atoms with E-state index in [9.17, 15) is 4.79 Å². The van der Waals surface area contributed by atoms with Crippen molar-refractivity contribution in [1.29, 1.82) is 5.26 Å². The number of allylic oxidation sites excluding steroid dienone is 6. The topological polar surface area (TPSA) is 50.1 Å². The Labute approximate surface area is 89.3 Å². The number of ether oxygens (including phenoxy) is 1. The molecule has 0 radical (unpaired) electrons. The number of hydrogen-bond acceptors (Lipinski definition) is 3. The lowest BCUT2D eigenvalue weighted by molar-refractivity contribution is -0.135. The quantitative estimate of drug-likeness (QED) is 0.394. The molecule has 78 valence electrons. The number of rotatable bonds is 2. The van der Waals surface area contributed by atoms with Crippen molar-refractivity contribution in [2.75, 3.05) is 0 Å². The summed E-state index contributed by atoms with van der Waals surface area (Å²) >= 11 is 0. The van der Waals surface area contributed by atoms with Crippen LogP contribution in [-0.4, -0.2) is 5.97 Å². The zero-order valence-electron chi connectivity index (χ0n) is 8.91. The van der Waals surface area contributed by atoms with Crippen molar-refractivity contribution in [3.63, 3.8) is 0 Å². The van der Waals surface area contributed by atoms with Gasteiger partial charge < -0.3 is 4.74 Å². The molecule has 0 aromatic heterocycles. The van der Waals surface area contributed by atoms with Gasteiger partial charge in [-0.05, 0) is 31.6 Å². The highest BCUT2D eigenvalue weighted by atomic mass is 16.5. The first-order valence-electron chi connectivity index (χ1n) is 4.78. The molecule has 0 unspecified atom stereocenters. The number of cyclic esters (lactones) is 1. The van der Waals surface area contributed by atoms with Gasteiger partial charge in [0.2, 0.25) is 0 Å². The minimum absolute atomic E-state index is 0.169. The van der Waals surface area contributed by atoms with Crippen molar-refractivity contribution < 1.29 is 9.53 Å². The number of esters is 1. The summed E-state index contributed by atoms with van der Waals surface area (Å²) in [7, 11) is 0. The van der Waals surface area contributed by atoms with Gasteiger partial charge in [0, 0.05) is 12.0 Å². The molecule has 0 aromatic carbocycles. The summed E-state index contributed by atoms with van der Waals surface area (Å²) in [5, 5.41) is 8.53. The zero-order valence-corrected chi connectivity index (χ0v) is 8.91. The lowest BCUT2D eigenvalue weighted by atomic mass is 10.2. The van der Waals surface area contributed by atoms with Gasteiger partial charge in [-0.1, -0.05) is 6.08 Å². The zero-order chi connectivity index (χ0) is 11.3. The van der Waals surface area contributed by atoms with Gasteiger partial charge in [-0.3, -0.25) is 4.79 Å². The van der Waals surface area contributed by atoms with Crippen molar-refractivity contribution in [3.05, 3.63) is 35.1 Å². The standard InChI is InChI=1S/C12H13NO2/c1-9(3-4-10(2)8-13)7-11-5-6-12(14)15-11/h3-4,7H,5-6H2,1-2H3/b9-3+,10-4+,11-7+. The molecule has 3 heteroatoms. The molecule has 0 spiro atoms. The van der Waals surface area contributed by atoms with Crippen LogP contribution in [0.1, 0.15) is 26.7 Å². The molecule has 1 heterocycles. The van der Waals surface area contributed by atoms with E-state index in [1.807, 2.05) is 25.1 Å². The van der Waals surface area contributed by atoms with E-state index in [0.29, 0.717) is 24.2 Å². The van der Waals surface area contributed by atoms with E-state index in [0.717, 1.165) is 5.57 Å². The Morgan fingerprint density at radius 2 is 2.13 bits per heavy atom. The Balaban J connectivity index is 2.67. The van der Waals surface area contributed by atoms with Gasteiger partial charge >= 0.3 is 5.97 Å². The van der Waals surface area contributed by atoms with Crippen LogP contribution >= 0.6 is 0 Å². The van der Waals surface area contributed by atoms with Crippen LogP contribution in [0.15, 0.2) is 35.1 Å². The smallest absolute Gasteiger partial charge is 0.311 e. The first-order valence-corrected chi connectivity index (χ1v) is 4.78. The summed E-state index contributed by atoms with van der Waals surface area (Å²) in [4.78, 5) is 10.8. The summed E-state index contributed by atoms with van der Waals surface area (Å²) in [5.41, 5.74) is 1.62. The van der Waals surface area contributed by atoms with Crippen LogP contribution < -0.4 is 0 Å². The average Bonchev–Trinajstić information content (AvgIpc) is 2.60. The van der Waals surface area contributed by atoms with Crippen molar-refractivity contribution in [2.24, 2.45) is 0 Å². The van der Waals surface area contributed by atoms with Crippen molar-refractivity contribution >= 4 is 5.97 Å². The molecule has 0 N–H and O–H groups in total. The maximum atomic E-state index is 10.8. The van der Waals surface area contributed by atoms with Gasteiger partial charge in [-0.25, -0.2) is 0 Å². The summed E-state index contributed by atoms with van der Waals surface area (Å²) in [6, 6.07) is 2.03. The number of carbonyl (C=O) groups excluding carboxylic acids is 1. The molecule has 0 amide bonds. The second-order valence-corrected chi connectivity index (χ2v) is 3.46. The largest absolute Gasteiger partial charge is 0.431 e. The molecule has 1 fully saturated rings. The van der Waals surface area contributed by atoms with Crippen LogP contribution in [-0.2, 0) is 9.53 Å². The Bertz CT molecular complexity index is 394. The maximum Gasteiger partial charge on any atom is 0.311 e. The number of carbonyl (C=O) groups is 1. The van der Waals surface area contributed by atoms with E-state index in [1.165, 1.54) is 0 Å². The highest BCUT2D eigenvalue weighted by Gasteiger charge is 2.16. The Kier molecular flexibility index (Phi) is 3.87. The van der Waals surface area contributed by atoms with E-state index in [1.54, 1.807) is 13.0 Å². The predicted octanol–water partition coefficient (Wildman–Crippen LogP) is 2.62. The molecular formula is C12H13NO2. The SMILES string of the molecule is C\C(C#N)=C/C=C(C)/C=C1\CCC(=O)O1. The molecule has 0 bridgehead atoms. The average molecular weight is 203 g/mol. The molecule has 3 nitrogen and oxygen atoms in total. The molecule has 0 atom stereocenters. The third-order valence-electron chi connectivity index (χ3n) is 1.98. The van der Waals surface area contributed by atoms with Crippen molar-refractivity contribution in [3.8, 4) is 6.07 Å². The molecular weight excluding hydrogens is 190 g/mol. The van der Waals surface area contributed by atoms with Crippen LogP contribution in [0.4, 0.5) is 0 Å². The third kappa shape index (κ3) is 3.82. The van der Waals surface area contributed by atoms with Gasteiger partial charge in [-0.2, -0.15) is 5.26 Å². The summed E-state index contributed by atoms with van der Waals surface area (Å²) in [6.07, 6.45) is 6.53. The monoisotopic (exact) mass is 203 g/mol. The maximum absolute atomic E-state index is 10.8. The molecule has 15 heavy (non-hydrogen) atoms. The van der Waals surface area contributed by atoms with Crippen molar-refractivity contribution in [2.45, 2.75) is 26.7 Å². The minimum Gasteiger partial charge on any atom is -0.431 e. The van der Waals surface area contributed by atoms with Crippen LogP contribution in [0.3, 0.4) is 0 Å². The van der Waals surface area contributed by atoms with Crippen LogP contribution in [0, 0.1) is 11.3 Å². The van der Waals surface area contributed by atoms with E-state index < -0.39 is 0 Å². The van der Waals surface area contributed by atoms with Gasteiger partial charge in [0.25, 0.3) is 0 Å². The van der Waals surface area contributed by atoms with E-state index in [4.69, 9.17) is 10.00 Å². The van der Waals surface area contributed by atoms with Crippen LogP contribution in [0.2, 0.25) is 0 Å². The molecule has 0 saturated carbocycles. The van der Waals surface area contributed by atoms with Gasteiger partial charge in [0.1, 0.15) is 5.76 Å².